The largest absolute Gasteiger partial charge is 0.351 e. The molecule has 2 N–H and O–H groups in total. The number of aliphatic imine (C=N–C) groups is 1. The van der Waals surface area contributed by atoms with Gasteiger partial charge in [-0.15, -0.1) is 0 Å². The molecule has 0 aromatic heterocycles. The number of hydrogen-bond acceptors (Lipinski definition) is 3. The summed E-state index contributed by atoms with van der Waals surface area (Å²) in [5.41, 5.74) is -0.533. The summed E-state index contributed by atoms with van der Waals surface area (Å²) in [5.74, 6) is 1.32. The van der Waals surface area contributed by atoms with Crippen molar-refractivity contribution >= 4 is 11.9 Å². The van der Waals surface area contributed by atoms with Gasteiger partial charge in [-0.3, -0.25) is 10.1 Å². The first kappa shape index (κ1) is 11.4. The predicted octanol–water partition coefficient (Wildman–Crippen LogP) is 1.42. The second-order valence-corrected chi connectivity index (χ2v) is 6.17. The Kier molecular flexibility index (Phi) is 2.48. The maximum atomic E-state index is 12.0. The first-order chi connectivity index (χ1) is 7.31. The molecule has 1 amide bonds. The van der Waals surface area contributed by atoms with E-state index in [1.165, 1.54) is 0 Å². The van der Waals surface area contributed by atoms with Gasteiger partial charge in [-0.25, -0.2) is 4.99 Å². The molecule has 2 atom stereocenters. The van der Waals surface area contributed by atoms with Crippen molar-refractivity contribution in [2.75, 3.05) is 0 Å². The van der Waals surface area contributed by atoms with Crippen molar-refractivity contribution in [3.63, 3.8) is 0 Å². The van der Waals surface area contributed by atoms with Gasteiger partial charge in [-0.1, -0.05) is 6.92 Å². The van der Waals surface area contributed by atoms with Gasteiger partial charge in [0.05, 0.1) is 0 Å². The Labute approximate surface area is 96.9 Å². The molecule has 0 saturated heterocycles. The van der Waals surface area contributed by atoms with Crippen molar-refractivity contribution in [2.45, 2.75) is 58.0 Å². The summed E-state index contributed by atoms with van der Waals surface area (Å²) in [7, 11) is 0. The Morgan fingerprint density at radius 3 is 2.69 bits per heavy atom. The van der Waals surface area contributed by atoms with Gasteiger partial charge in [0, 0.05) is 5.54 Å². The van der Waals surface area contributed by atoms with E-state index in [1.54, 1.807) is 0 Å². The van der Waals surface area contributed by atoms with Gasteiger partial charge in [0.15, 0.2) is 5.96 Å². The Morgan fingerprint density at radius 2 is 2.19 bits per heavy atom. The lowest BCUT2D eigenvalue weighted by Gasteiger charge is -2.21. The summed E-state index contributed by atoms with van der Waals surface area (Å²) in [6.07, 6.45) is 2.86. The molecule has 1 fully saturated rings. The molecule has 0 bridgehead atoms. The Morgan fingerprint density at radius 1 is 1.50 bits per heavy atom. The van der Waals surface area contributed by atoms with E-state index in [0.717, 1.165) is 19.3 Å². The monoisotopic (exact) mass is 223 g/mol. The van der Waals surface area contributed by atoms with Crippen LogP contribution in [0, 0.1) is 5.92 Å². The van der Waals surface area contributed by atoms with E-state index in [1.807, 2.05) is 0 Å². The molecule has 4 nitrogen and oxygen atoms in total. The van der Waals surface area contributed by atoms with Crippen molar-refractivity contribution in [3.05, 3.63) is 0 Å². The van der Waals surface area contributed by atoms with E-state index in [9.17, 15) is 4.79 Å². The van der Waals surface area contributed by atoms with Crippen LogP contribution in [0.15, 0.2) is 4.99 Å². The molecule has 16 heavy (non-hydrogen) atoms. The molecule has 1 heterocycles. The normalized spacial score (nSPS) is 34.1. The van der Waals surface area contributed by atoms with Crippen LogP contribution in [0.3, 0.4) is 0 Å². The third-order valence-electron chi connectivity index (χ3n) is 3.21. The van der Waals surface area contributed by atoms with Gasteiger partial charge in [0.25, 0.3) is 5.91 Å². The number of guanidine groups is 1. The van der Waals surface area contributed by atoms with Crippen LogP contribution < -0.4 is 10.6 Å². The molecule has 2 rings (SSSR count). The highest BCUT2D eigenvalue weighted by Crippen LogP contribution is 2.39. The maximum absolute atomic E-state index is 12.0. The van der Waals surface area contributed by atoms with Gasteiger partial charge in [-0.2, -0.15) is 0 Å². The summed E-state index contributed by atoms with van der Waals surface area (Å²) < 4.78 is 0. The van der Waals surface area contributed by atoms with Crippen molar-refractivity contribution in [3.8, 4) is 0 Å². The highest BCUT2D eigenvalue weighted by molar-refractivity contribution is 6.07. The summed E-state index contributed by atoms with van der Waals surface area (Å²) in [6.45, 7) is 8.37. The summed E-state index contributed by atoms with van der Waals surface area (Å²) in [6, 6.07) is 0. The Balaban J connectivity index is 2.14. The lowest BCUT2D eigenvalue weighted by Crippen LogP contribution is -2.47. The van der Waals surface area contributed by atoms with Gasteiger partial charge in [0.1, 0.15) is 5.54 Å². The van der Waals surface area contributed by atoms with Crippen molar-refractivity contribution in [2.24, 2.45) is 10.9 Å². The highest BCUT2D eigenvalue weighted by Gasteiger charge is 2.48. The van der Waals surface area contributed by atoms with E-state index in [-0.39, 0.29) is 11.4 Å². The first-order valence-electron chi connectivity index (χ1n) is 6.00. The topological polar surface area (TPSA) is 53.5 Å². The lowest BCUT2D eigenvalue weighted by atomic mass is 9.97. The highest BCUT2D eigenvalue weighted by atomic mass is 16.2. The van der Waals surface area contributed by atoms with Crippen LogP contribution in [0.5, 0.6) is 0 Å². The molecular formula is C12H21N3O. The maximum Gasteiger partial charge on any atom is 0.254 e. The fourth-order valence-electron chi connectivity index (χ4n) is 2.50. The minimum Gasteiger partial charge on any atom is -0.351 e. The van der Waals surface area contributed by atoms with E-state index < -0.39 is 5.54 Å². The van der Waals surface area contributed by atoms with E-state index >= 15 is 0 Å². The van der Waals surface area contributed by atoms with Crippen LogP contribution >= 0.6 is 0 Å². The second kappa shape index (κ2) is 3.47. The molecule has 0 radical (unpaired) electrons. The minimum atomic E-state index is -0.465. The molecule has 1 saturated carbocycles. The van der Waals surface area contributed by atoms with Gasteiger partial charge in [-0.05, 0) is 46.0 Å². The van der Waals surface area contributed by atoms with Crippen molar-refractivity contribution < 1.29 is 4.79 Å². The lowest BCUT2D eigenvalue weighted by molar-refractivity contribution is -0.123. The van der Waals surface area contributed by atoms with Gasteiger partial charge >= 0.3 is 0 Å². The fourth-order valence-corrected chi connectivity index (χ4v) is 2.50. The Bertz CT molecular complexity index is 343. The number of carbonyl (C=O) groups is 1. The van der Waals surface area contributed by atoms with Crippen molar-refractivity contribution in [1.82, 2.24) is 10.6 Å². The quantitative estimate of drug-likeness (QED) is 0.652. The third-order valence-corrected chi connectivity index (χ3v) is 3.21. The van der Waals surface area contributed by atoms with Crippen LogP contribution in [-0.4, -0.2) is 22.9 Å². The molecule has 1 aliphatic carbocycles. The molecule has 1 aliphatic heterocycles. The predicted molar refractivity (Wildman–Crippen MR) is 64.2 cm³/mol. The smallest absolute Gasteiger partial charge is 0.254 e. The average molecular weight is 223 g/mol. The summed E-state index contributed by atoms with van der Waals surface area (Å²) >= 11 is 0. The fraction of sp³-hybridized carbons (Fsp3) is 0.833. The molecular weight excluding hydrogens is 202 g/mol. The van der Waals surface area contributed by atoms with Crippen LogP contribution in [0.1, 0.15) is 47.0 Å². The van der Waals surface area contributed by atoms with Crippen molar-refractivity contribution in [1.29, 1.82) is 0 Å². The minimum absolute atomic E-state index is 0.0676. The number of rotatable bonds is 0. The van der Waals surface area contributed by atoms with E-state index in [4.69, 9.17) is 0 Å². The summed E-state index contributed by atoms with van der Waals surface area (Å²) in [5, 5.41) is 6.10. The molecule has 1 spiro atoms. The van der Waals surface area contributed by atoms with E-state index in [0.29, 0.717) is 11.9 Å². The zero-order valence-electron chi connectivity index (χ0n) is 10.6. The zero-order chi connectivity index (χ0) is 12.0. The van der Waals surface area contributed by atoms with E-state index in [2.05, 4.69) is 43.3 Å². The third kappa shape index (κ3) is 2.06. The number of nitrogens with zero attached hydrogens (tertiary/aromatic N) is 1. The number of carbonyl (C=O) groups excluding carboxylic acids is 1. The molecule has 0 aromatic carbocycles. The Hall–Kier alpha value is -1.06. The summed E-state index contributed by atoms with van der Waals surface area (Å²) in [4.78, 5) is 16.6. The number of amides is 1. The second-order valence-electron chi connectivity index (χ2n) is 6.17. The van der Waals surface area contributed by atoms with Crippen LogP contribution in [0.25, 0.3) is 0 Å². The van der Waals surface area contributed by atoms with Crippen LogP contribution in [0.4, 0.5) is 0 Å². The zero-order valence-corrected chi connectivity index (χ0v) is 10.6. The molecule has 2 aliphatic rings. The van der Waals surface area contributed by atoms with Gasteiger partial charge in [0.2, 0.25) is 0 Å². The first-order valence-corrected chi connectivity index (χ1v) is 6.00. The number of nitrogens with one attached hydrogen (secondary N) is 2. The average Bonchev–Trinajstić information content (AvgIpc) is 2.56. The molecule has 2 unspecified atom stereocenters. The molecule has 90 valence electrons. The standard InChI is InChI=1S/C12H21N3O/c1-8-5-6-12(7-8)9(16)13-10(15-12)14-11(2,3)4/h8H,5-7H2,1-4H3,(H2,13,14,15,16). The molecule has 4 heteroatoms. The van der Waals surface area contributed by atoms with Gasteiger partial charge < -0.3 is 5.32 Å². The number of hydrogen-bond donors (Lipinski definition) is 2. The van der Waals surface area contributed by atoms with Crippen LogP contribution in [0.2, 0.25) is 0 Å². The van der Waals surface area contributed by atoms with Crippen LogP contribution in [-0.2, 0) is 4.79 Å². The SMILES string of the molecule is CC1CCC2(C1)N=C(NC(C)(C)C)NC2=O. The molecule has 0 aromatic rings.